The molecule has 1 fully saturated rings. The Kier molecular flexibility index (Phi) is 6.33. The fourth-order valence-corrected chi connectivity index (χ4v) is 5.26. The summed E-state index contributed by atoms with van der Waals surface area (Å²) in [7, 11) is -3.27. The molecule has 34 heavy (non-hydrogen) atoms. The number of hydrogen-bond acceptors (Lipinski definition) is 5. The lowest BCUT2D eigenvalue weighted by Gasteiger charge is -2.40. The summed E-state index contributed by atoms with van der Waals surface area (Å²) in [6, 6.07) is 10.6. The Morgan fingerprint density at radius 1 is 1.21 bits per heavy atom. The highest BCUT2D eigenvalue weighted by Crippen LogP contribution is 2.31. The van der Waals surface area contributed by atoms with Crippen molar-refractivity contribution in [2.45, 2.75) is 57.1 Å². The summed E-state index contributed by atoms with van der Waals surface area (Å²) in [6.45, 7) is 6.81. The Labute approximate surface area is 200 Å². The van der Waals surface area contributed by atoms with Gasteiger partial charge in [-0.1, -0.05) is 20.8 Å². The summed E-state index contributed by atoms with van der Waals surface area (Å²) in [6.07, 6.45) is 5.85. The number of hydrogen-bond donors (Lipinski definition) is 1. The first-order valence-electron chi connectivity index (χ1n) is 11.3. The van der Waals surface area contributed by atoms with Gasteiger partial charge in [0.15, 0.2) is 9.84 Å². The molecule has 2 aromatic heterocycles. The molecule has 8 nitrogen and oxygen atoms in total. The van der Waals surface area contributed by atoms with Crippen molar-refractivity contribution in [1.82, 2.24) is 14.5 Å². The van der Waals surface area contributed by atoms with Crippen LogP contribution in [0.4, 0.5) is 4.79 Å². The maximum absolute atomic E-state index is 11.8. The van der Waals surface area contributed by atoms with Gasteiger partial charge in [-0.15, -0.1) is 0 Å². The van der Waals surface area contributed by atoms with Gasteiger partial charge < -0.3 is 19.3 Å². The van der Waals surface area contributed by atoms with Gasteiger partial charge in [-0.05, 0) is 48.2 Å². The number of benzene rings is 1. The molecule has 0 spiro atoms. The van der Waals surface area contributed by atoms with E-state index in [-0.39, 0.29) is 22.5 Å². The van der Waals surface area contributed by atoms with Crippen molar-refractivity contribution in [2.75, 3.05) is 12.8 Å². The Balaban J connectivity index is 1.48. The van der Waals surface area contributed by atoms with E-state index in [0.29, 0.717) is 31.0 Å². The molecule has 0 saturated carbocycles. The van der Waals surface area contributed by atoms with Crippen LogP contribution in [0.3, 0.4) is 0 Å². The van der Waals surface area contributed by atoms with Crippen molar-refractivity contribution in [3.8, 4) is 11.6 Å². The van der Waals surface area contributed by atoms with Crippen molar-refractivity contribution in [3.63, 3.8) is 0 Å². The molecule has 9 heteroatoms. The van der Waals surface area contributed by atoms with Gasteiger partial charge >= 0.3 is 6.09 Å². The number of nitrogens with zero attached hydrogens (tertiary/aromatic N) is 3. The van der Waals surface area contributed by atoms with E-state index >= 15 is 0 Å². The summed E-state index contributed by atoms with van der Waals surface area (Å²) in [5.41, 5.74) is 0.880. The number of pyridine rings is 1. The number of fused-ring (bicyclic) bond motifs is 1. The van der Waals surface area contributed by atoms with Gasteiger partial charge in [-0.25, -0.2) is 18.2 Å². The van der Waals surface area contributed by atoms with Crippen molar-refractivity contribution in [3.05, 3.63) is 48.8 Å². The molecule has 4 rings (SSSR count). The minimum atomic E-state index is -3.27. The molecule has 182 valence electrons. The average molecular weight is 486 g/mol. The number of carboxylic acid groups (broad SMARTS) is 1. The smallest absolute Gasteiger partial charge is 0.407 e. The Morgan fingerprint density at radius 2 is 1.97 bits per heavy atom. The van der Waals surface area contributed by atoms with Gasteiger partial charge in [0.1, 0.15) is 17.7 Å². The number of aromatic nitrogens is 2. The van der Waals surface area contributed by atoms with Crippen molar-refractivity contribution >= 4 is 26.8 Å². The highest BCUT2D eigenvalue weighted by atomic mass is 32.2. The van der Waals surface area contributed by atoms with Crippen LogP contribution in [0.1, 0.15) is 40.0 Å². The second kappa shape index (κ2) is 8.94. The van der Waals surface area contributed by atoms with Gasteiger partial charge in [0.25, 0.3) is 0 Å². The summed E-state index contributed by atoms with van der Waals surface area (Å²) >= 11 is 0. The third-order valence-electron chi connectivity index (χ3n) is 6.12. The summed E-state index contributed by atoms with van der Waals surface area (Å²) in [5, 5.41) is 10.4. The van der Waals surface area contributed by atoms with E-state index in [4.69, 9.17) is 4.74 Å². The third-order valence-corrected chi connectivity index (χ3v) is 7.23. The van der Waals surface area contributed by atoms with Gasteiger partial charge in [0, 0.05) is 43.3 Å². The lowest BCUT2D eigenvalue weighted by atomic mass is 9.83. The van der Waals surface area contributed by atoms with Crippen LogP contribution in [0.25, 0.3) is 16.7 Å². The molecule has 0 radical (unpaired) electrons. The van der Waals surface area contributed by atoms with E-state index in [1.54, 1.807) is 29.3 Å². The summed E-state index contributed by atoms with van der Waals surface area (Å²) in [4.78, 5) is 18.0. The van der Waals surface area contributed by atoms with Crippen molar-refractivity contribution in [2.24, 2.45) is 5.41 Å². The summed E-state index contributed by atoms with van der Waals surface area (Å²) < 4.78 is 31.7. The fourth-order valence-electron chi connectivity index (χ4n) is 4.60. The number of piperidine rings is 1. The van der Waals surface area contributed by atoms with Crippen LogP contribution in [0.2, 0.25) is 0 Å². The maximum Gasteiger partial charge on any atom is 0.407 e. The molecule has 2 atom stereocenters. The first-order chi connectivity index (χ1) is 15.9. The fraction of sp³-hybridized carbons (Fsp3) is 0.440. The summed E-state index contributed by atoms with van der Waals surface area (Å²) in [5.74, 6) is 1.34. The Morgan fingerprint density at radius 3 is 2.59 bits per heavy atom. The van der Waals surface area contributed by atoms with Crippen LogP contribution in [0, 0.1) is 5.41 Å². The minimum Gasteiger partial charge on any atom is -0.489 e. The molecule has 3 aromatic rings. The molecular formula is C25H31N3O5S. The van der Waals surface area contributed by atoms with Gasteiger partial charge in [0.05, 0.1) is 16.6 Å². The zero-order chi connectivity index (χ0) is 24.7. The topological polar surface area (TPSA) is 102 Å². The molecule has 1 saturated heterocycles. The zero-order valence-electron chi connectivity index (χ0n) is 19.9. The predicted molar refractivity (Wildman–Crippen MR) is 130 cm³/mol. The van der Waals surface area contributed by atoms with Crippen LogP contribution in [0.5, 0.6) is 5.75 Å². The first kappa shape index (κ1) is 24.1. The lowest BCUT2D eigenvalue weighted by Crippen LogP contribution is -2.49. The van der Waals surface area contributed by atoms with E-state index < -0.39 is 15.9 Å². The molecule has 1 aromatic carbocycles. The molecule has 1 aliphatic heterocycles. The monoisotopic (exact) mass is 485 g/mol. The van der Waals surface area contributed by atoms with Gasteiger partial charge in [-0.3, -0.25) is 0 Å². The largest absolute Gasteiger partial charge is 0.489 e. The van der Waals surface area contributed by atoms with E-state index in [1.807, 2.05) is 29.0 Å². The molecule has 0 aliphatic carbocycles. The van der Waals surface area contributed by atoms with E-state index in [2.05, 4.69) is 25.8 Å². The van der Waals surface area contributed by atoms with E-state index in [0.717, 1.165) is 17.3 Å². The molecule has 0 bridgehead atoms. The van der Waals surface area contributed by atoms with E-state index in [1.165, 1.54) is 6.26 Å². The number of rotatable bonds is 5. The Bertz CT molecular complexity index is 1290. The van der Waals surface area contributed by atoms with Crippen molar-refractivity contribution < 1.29 is 23.1 Å². The molecule has 1 amide bonds. The number of sulfone groups is 1. The second-order valence-corrected chi connectivity index (χ2v) is 12.2. The molecule has 1 N–H and O–H groups in total. The molecule has 3 heterocycles. The van der Waals surface area contributed by atoms with Gasteiger partial charge in [0.2, 0.25) is 0 Å². The molecular weight excluding hydrogens is 454 g/mol. The number of likely N-dealkylation sites (tertiary alicyclic amines) is 1. The maximum atomic E-state index is 11.8. The van der Waals surface area contributed by atoms with Crippen LogP contribution >= 0.6 is 0 Å². The molecule has 2 unspecified atom stereocenters. The molecule has 1 aliphatic rings. The standard InChI is InChI=1S/C25H31N3O5S/c1-25(2,3)15-18-14-19(10-12-27(18)24(29)30)33-20-5-8-23(26-16-20)28-11-9-17-13-21(34(4,31)32)6-7-22(17)28/h5-9,11,13,16,18-19H,10,12,14-15H2,1-4H3,(H,29,30). The average Bonchev–Trinajstić information content (AvgIpc) is 3.16. The normalized spacial score (nSPS) is 19.4. The van der Waals surface area contributed by atoms with Gasteiger partial charge in [-0.2, -0.15) is 0 Å². The zero-order valence-corrected chi connectivity index (χ0v) is 20.7. The highest BCUT2D eigenvalue weighted by Gasteiger charge is 2.35. The number of carbonyl (C=O) groups is 1. The van der Waals surface area contributed by atoms with E-state index in [9.17, 15) is 18.3 Å². The highest BCUT2D eigenvalue weighted by molar-refractivity contribution is 7.90. The number of ether oxygens (including phenoxy) is 1. The first-order valence-corrected chi connectivity index (χ1v) is 13.2. The second-order valence-electron chi connectivity index (χ2n) is 10.2. The Hall–Kier alpha value is -3.07. The van der Waals surface area contributed by atoms with Crippen LogP contribution in [-0.2, 0) is 9.84 Å². The number of amides is 1. The quantitative estimate of drug-likeness (QED) is 0.559. The minimum absolute atomic E-state index is 0.0189. The lowest BCUT2D eigenvalue weighted by molar-refractivity contribution is 0.0397. The third kappa shape index (κ3) is 5.35. The van der Waals surface area contributed by atoms with Crippen LogP contribution < -0.4 is 4.74 Å². The SMILES string of the molecule is CC(C)(C)CC1CC(Oc2ccc(-n3ccc4cc(S(C)(=O)=O)ccc43)nc2)CCN1C(=O)O. The van der Waals surface area contributed by atoms with Crippen LogP contribution in [-0.4, -0.2) is 59.0 Å². The van der Waals surface area contributed by atoms with Crippen molar-refractivity contribution in [1.29, 1.82) is 0 Å². The van der Waals surface area contributed by atoms with Crippen LogP contribution in [0.15, 0.2) is 53.7 Å². The predicted octanol–water partition coefficient (Wildman–Crippen LogP) is 4.76.